The smallest absolute Gasteiger partial charge is 0.134 e. The fraction of sp³-hybridized carbons (Fsp3) is 0.385. The van der Waals surface area contributed by atoms with Gasteiger partial charge in [0, 0.05) is 30.9 Å². The number of anilines is 1. The Morgan fingerprint density at radius 2 is 2.06 bits per heavy atom. The van der Waals surface area contributed by atoms with Crippen molar-refractivity contribution in [3.05, 3.63) is 30.0 Å². The number of nitrogens with one attached hydrogen (secondary N) is 1. The molecule has 3 rings (SSSR count). The predicted octanol–water partition coefficient (Wildman–Crippen LogP) is 2.16. The highest BCUT2D eigenvalue weighted by molar-refractivity contribution is 5.64. The van der Waals surface area contributed by atoms with Crippen molar-refractivity contribution in [2.75, 3.05) is 12.4 Å². The first-order chi connectivity index (χ1) is 8.79. The van der Waals surface area contributed by atoms with Crippen molar-refractivity contribution in [2.45, 2.75) is 25.7 Å². The number of aromatic nitrogens is 4. The summed E-state index contributed by atoms with van der Waals surface area (Å²) in [7, 11) is 1.88. The van der Waals surface area contributed by atoms with E-state index in [2.05, 4.69) is 25.3 Å². The van der Waals surface area contributed by atoms with E-state index in [-0.39, 0.29) is 0 Å². The summed E-state index contributed by atoms with van der Waals surface area (Å²) < 4.78 is 0. The summed E-state index contributed by atoms with van der Waals surface area (Å²) in [5.41, 5.74) is 2.70. The quantitative estimate of drug-likeness (QED) is 0.892. The summed E-state index contributed by atoms with van der Waals surface area (Å²) in [6.07, 6.45) is 7.47. The van der Waals surface area contributed by atoms with Gasteiger partial charge in [0.2, 0.25) is 0 Å². The number of rotatable bonds is 3. The summed E-state index contributed by atoms with van der Waals surface area (Å²) in [6.45, 7) is 2.01. The van der Waals surface area contributed by atoms with Gasteiger partial charge in [-0.1, -0.05) is 0 Å². The molecule has 1 aliphatic carbocycles. The third-order valence-corrected chi connectivity index (χ3v) is 3.15. The van der Waals surface area contributed by atoms with Crippen LogP contribution in [0, 0.1) is 6.92 Å². The van der Waals surface area contributed by atoms with E-state index in [9.17, 15) is 0 Å². The van der Waals surface area contributed by atoms with Gasteiger partial charge in [-0.05, 0) is 19.8 Å². The van der Waals surface area contributed by atoms with Gasteiger partial charge in [0.1, 0.15) is 17.3 Å². The fourth-order valence-electron chi connectivity index (χ4n) is 1.97. The molecule has 1 fully saturated rings. The van der Waals surface area contributed by atoms with Crippen molar-refractivity contribution in [1.82, 2.24) is 19.9 Å². The van der Waals surface area contributed by atoms with Gasteiger partial charge in [0.25, 0.3) is 0 Å². The molecule has 1 N–H and O–H groups in total. The number of nitrogens with zero attached hydrogens (tertiary/aromatic N) is 4. The van der Waals surface area contributed by atoms with Crippen LogP contribution in [0.1, 0.15) is 30.1 Å². The van der Waals surface area contributed by atoms with Crippen LogP contribution < -0.4 is 5.32 Å². The van der Waals surface area contributed by atoms with Gasteiger partial charge in [0.15, 0.2) is 0 Å². The lowest BCUT2D eigenvalue weighted by Gasteiger charge is -2.11. The van der Waals surface area contributed by atoms with E-state index in [1.54, 1.807) is 18.6 Å². The fourth-order valence-corrected chi connectivity index (χ4v) is 1.97. The second-order valence-corrected chi connectivity index (χ2v) is 4.52. The Kier molecular flexibility index (Phi) is 2.66. The summed E-state index contributed by atoms with van der Waals surface area (Å²) in [6, 6.07) is 0. The van der Waals surface area contributed by atoms with Crippen molar-refractivity contribution in [1.29, 1.82) is 0 Å². The molecule has 0 saturated heterocycles. The maximum atomic E-state index is 4.66. The largest absolute Gasteiger partial charge is 0.373 e. The highest BCUT2D eigenvalue weighted by Crippen LogP contribution is 2.39. The molecule has 2 aromatic heterocycles. The average molecular weight is 241 g/mol. The van der Waals surface area contributed by atoms with E-state index >= 15 is 0 Å². The lowest BCUT2D eigenvalue weighted by Crippen LogP contribution is -2.05. The highest BCUT2D eigenvalue weighted by Gasteiger charge is 2.28. The molecule has 2 aromatic rings. The Morgan fingerprint density at radius 3 is 2.67 bits per heavy atom. The zero-order chi connectivity index (χ0) is 12.5. The lowest BCUT2D eigenvalue weighted by molar-refractivity contribution is 0.920. The molecule has 0 unspecified atom stereocenters. The second-order valence-electron chi connectivity index (χ2n) is 4.52. The van der Waals surface area contributed by atoms with Crippen LogP contribution in [0.15, 0.2) is 18.6 Å². The topological polar surface area (TPSA) is 63.6 Å². The molecular weight excluding hydrogens is 226 g/mol. The summed E-state index contributed by atoms with van der Waals surface area (Å²) in [5, 5.41) is 3.13. The van der Waals surface area contributed by atoms with Crippen LogP contribution in [0.2, 0.25) is 0 Å². The molecule has 2 heterocycles. The van der Waals surface area contributed by atoms with Crippen molar-refractivity contribution in [2.24, 2.45) is 0 Å². The van der Waals surface area contributed by atoms with E-state index in [1.165, 1.54) is 12.8 Å². The van der Waals surface area contributed by atoms with E-state index in [0.29, 0.717) is 5.92 Å². The summed E-state index contributed by atoms with van der Waals surface area (Å²) in [4.78, 5) is 17.7. The first-order valence-electron chi connectivity index (χ1n) is 6.12. The van der Waals surface area contributed by atoms with Gasteiger partial charge in [-0.15, -0.1) is 0 Å². The highest BCUT2D eigenvalue weighted by atomic mass is 15.0. The SMILES string of the molecule is CNc1nc(C2CC2)nc(-c2cnccn2)c1C. The molecule has 92 valence electrons. The minimum atomic E-state index is 0.521. The third kappa shape index (κ3) is 1.92. The van der Waals surface area contributed by atoms with Gasteiger partial charge < -0.3 is 5.32 Å². The van der Waals surface area contributed by atoms with Crippen LogP contribution in [0.5, 0.6) is 0 Å². The third-order valence-electron chi connectivity index (χ3n) is 3.15. The molecule has 0 aliphatic heterocycles. The van der Waals surface area contributed by atoms with Gasteiger partial charge in [-0.25, -0.2) is 9.97 Å². The van der Waals surface area contributed by atoms with Gasteiger partial charge in [0.05, 0.1) is 11.9 Å². The van der Waals surface area contributed by atoms with Crippen LogP contribution in [0.25, 0.3) is 11.4 Å². The Hall–Kier alpha value is -2.04. The molecular formula is C13H15N5. The van der Waals surface area contributed by atoms with Gasteiger partial charge >= 0.3 is 0 Å². The van der Waals surface area contributed by atoms with Crippen LogP contribution in [-0.4, -0.2) is 27.0 Å². The minimum absolute atomic E-state index is 0.521. The molecule has 1 saturated carbocycles. The maximum Gasteiger partial charge on any atom is 0.134 e. The lowest BCUT2D eigenvalue weighted by atomic mass is 10.1. The van der Waals surface area contributed by atoms with Crippen LogP contribution in [0.4, 0.5) is 5.82 Å². The van der Waals surface area contributed by atoms with Gasteiger partial charge in [-0.2, -0.15) is 0 Å². The molecule has 1 aliphatic rings. The number of hydrogen-bond acceptors (Lipinski definition) is 5. The molecule has 0 spiro atoms. The Bertz CT molecular complexity index is 563. The van der Waals surface area contributed by atoms with E-state index < -0.39 is 0 Å². The van der Waals surface area contributed by atoms with E-state index in [4.69, 9.17) is 0 Å². The monoisotopic (exact) mass is 241 g/mol. The van der Waals surface area contributed by atoms with Crippen molar-refractivity contribution in [3.63, 3.8) is 0 Å². The van der Waals surface area contributed by atoms with Crippen molar-refractivity contribution in [3.8, 4) is 11.4 Å². The number of hydrogen-bond donors (Lipinski definition) is 1. The first kappa shape index (κ1) is 11.1. The molecule has 0 atom stereocenters. The zero-order valence-electron chi connectivity index (χ0n) is 10.5. The summed E-state index contributed by atoms with van der Waals surface area (Å²) >= 11 is 0. The van der Waals surface area contributed by atoms with Gasteiger partial charge in [-0.3, -0.25) is 9.97 Å². The maximum absolute atomic E-state index is 4.66. The average Bonchev–Trinajstić information content (AvgIpc) is 3.24. The van der Waals surface area contributed by atoms with Crippen LogP contribution >= 0.6 is 0 Å². The zero-order valence-corrected chi connectivity index (χ0v) is 10.5. The first-order valence-corrected chi connectivity index (χ1v) is 6.12. The molecule has 0 aromatic carbocycles. The minimum Gasteiger partial charge on any atom is -0.373 e. The Labute approximate surface area is 106 Å². The Balaban J connectivity index is 2.15. The molecule has 0 radical (unpaired) electrons. The van der Waals surface area contributed by atoms with Crippen molar-refractivity contribution >= 4 is 5.82 Å². The molecule has 18 heavy (non-hydrogen) atoms. The molecule has 0 bridgehead atoms. The van der Waals surface area contributed by atoms with Crippen molar-refractivity contribution < 1.29 is 0 Å². The standard InChI is InChI=1S/C13H15N5/c1-8-11(10-7-15-5-6-16-10)17-13(9-3-4-9)18-12(8)14-2/h5-7,9H,3-4H2,1-2H3,(H,14,17,18). The molecule has 5 heteroatoms. The second kappa shape index (κ2) is 4.33. The van der Waals surface area contributed by atoms with Crippen LogP contribution in [0.3, 0.4) is 0 Å². The van der Waals surface area contributed by atoms with Crippen LogP contribution in [-0.2, 0) is 0 Å². The molecule has 0 amide bonds. The summed E-state index contributed by atoms with van der Waals surface area (Å²) in [5.74, 6) is 2.33. The molecule has 5 nitrogen and oxygen atoms in total. The van der Waals surface area contributed by atoms with E-state index in [0.717, 1.165) is 28.6 Å². The predicted molar refractivity (Wildman–Crippen MR) is 69.3 cm³/mol. The Morgan fingerprint density at radius 1 is 1.22 bits per heavy atom. The normalized spacial score (nSPS) is 14.6. The van der Waals surface area contributed by atoms with E-state index in [1.807, 2.05) is 14.0 Å².